The predicted octanol–water partition coefficient (Wildman–Crippen LogP) is 1.81. The van der Waals surface area contributed by atoms with Gasteiger partial charge in [-0.05, 0) is 31.7 Å². The van der Waals surface area contributed by atoms with E-state index in [4.69, 9.17) is 5.73 Å². The second-order valence-corrected chi connectivity index (χ2v) is 8.14. The van der Waals surface area contributed by atoms with Crippen LogP contribution in [0, 0.1) is 0 Å². The summed E-state index contributed by atoms with van der Waals surface area (Å²) in [5.74, 6) is 0.142. The van der Waals surface area contributed by atoms with Crippen LogP contribution in [0.25, 0.3) is 0 Å². The molecule has 0 spiro atoms. The molecule has 6 heteroatoms. The quantitative estimate of drug-likeness (QED) is 0.851. The number of hydrogen-bond donors (Lipinski definition) is 1. The van der Waals surface area contributed by atoms with Crippen molar-refractivity contribution in [3.8, 4) is 0 Å². The monoisotopic (exact) mass is 348 g/mol. The van der Waals surface area contributed by atoms with Crippen LogP contribution in [0.4, 0.5) is 0 Å². The van der Waals surface area contributed by atoms with E-state index in [-0.39, 0.29) is 17.8 Å². The lowest BCUT2D eigenvalue weighted by molar-refractivity contribution is 0.231. The van der Waals surface area contributed by atoms with Crippen LogP contribution in [0.5, 0.6) is 0 Å². The first-order chi connectivity index (χ1) is 8.70. The van der Waals surface area contributed by atoms with Crippen molar-refractivity contribution in [3.05, 3.63) is 34.3 Å². The van der Waals surface area contributed by atoms with Crippen LogP contribution in [0.15, 0.2) is 28.7 Å². The Morgan fingerprint density at radius 3 is 2.26 bits per heavy atom. The first kappa shape index (κ1) is 16.6. The molecule has 0 aliphatic heterocycles. The molecule has 0 saturated heterocycles. The summed E-state index contributed by atoms with van der Waals surface area (Å²) in [6.07, 6.45) is 1.25. The molecule has 0 heterocycles. The molecular weight excluding hydrogens is 328 g/mol. The third-order valence-corrected chi connectivity index (χ3v) is 4.45. The maximum absolute atomic E-state index is 11.2. The fourth-order valence-corrected chi connectivity index (χ4v) is 2.95. The number of nitrogens with zero attached hydrogens (tertiary/aromatic N) is 1. The number of hydrogen-bond acceptors (Lipinski definition) is 4. The molecule has 1 aromatic rings. The van der Waals surface area contributed by atoms with Crippen LogP contribution >= 0.6 is 15.9 Å². The van der Waals surface area contributed by atoms with E-state index >= 15 is 0 Å². The zero-order valence-corrected chi connectivity index (χ0v) is 13.9. The number of sulfone groups is 1. The molecular formula is C13H21BrN2O2S. The van der Waals surface area contributed by atoms with Gasteiger partial charge < -0.3 is 5.73 Å². The van der Waals surface area contributed by atoms with E-state index < -0.39 is 9.84 Å². The Balaban J connectivity index is 2.85. The van der Waals surface area contributed by atoms with E-state index in [0.29, 0.717) is 6.54 Å². The summed E-state index contributed by atoms with van der Waals surface area (Å²) >= 11 is 3.40. The zero-order chi connectivity index (χ0) is 14.6. The highest BCUT2D eigenvalue weighted by Gasteiger charge is 2.21. The van der Waals surface area contributed by atoms with Gasteiger partial charge in [0.2, 0.25) is 0 Å². The normalized spacial score (nSPS) is 15.5. The first-order valence-electron chi connectivity index (χ1n) is 6.09. The molecule has 1 rings (SSSR count). The molecule has 2 unspecified atom stereocenters. The third kappa shape index (κ3) is 5.60. The molecule has 1 aromatic carbocycles. The van der Waals surface area contributed by atoms with Crippen molar-refractivity contribution in [2.45, 2.75) is 19.0 Å². The maximum Gasteiger partial charge on any atom is 0.148 e. The van der Waals surface area contributed by atoms with Crippen LogP contribution in [0.1, 0.15) is 18.5 Å². The van der Waals surface area contributed by atoms with E-state index in [2.05, 4.69) is 15.9 Å². The Morgan fingerprint density at radius 1 is 1.32 bits per heavy atom. The van der Waals surface area contributed by atoms with Crippen molar-refractivity contribution in [1.82, 2.24) is 4.90 Å². The summed E-state index contributed by atoms with van der Waals surface area (Å²) in [4.78, 5) is 1.99. The predicted molar refractivity (Wildman–Crippen MR) is 82.9 cm³/mol. The average molecular weight is 349 g/mol. The fourth-order valence-electron chi connectivity index (χ4n) is 2.07. The minimum Gasteiger partial charge on any atom is -0.326 e. The number of rotatable bonds is 6. The smallest absolute Gasteiger partial charge is 0.148 e. The van der Waals surface area contributed by atoms with Gasteiger partial charge in [0.1, 0.15) is 9.84 Å². The summed E-state index contributed by atoms with van der Waals surface area (Å²) in [7, 11) is -1.05. The highest BCUT2D eigenvalue weighted by molar-refractivity contribution is 9.10. The lowest BCUT2D eigenvalue weighted by Gasteiger charge is -2.31. The molecule has 0 amide bonds. The number of halogens is 1. The van der Waals surface area contributed by atoms with Gasteiger partial charge >= 0.3 is 0 Å². The average Bonchev–Trinajstić information content (AvgIpc) is 2.28. The molecule has 2 atom stereocenters. The van der Waals surface area contributed by atoms with Crippen molar-refractivity contribution in [2.24, 2.45) is 5.73 Å². The van der Waals surface area contributed by atoms with Gasteiger partial charge in [-0.25, -0.2) is 8.42 Å². The van der Waals surface area contributed by atoms with E-state index in [1.807, 2.05) is 43.1 Å². The zero-order valence-electron chi connectivity index (χ0n) is 11.5. The lowest BCUT2D eigenvalue weighted by atomic mass is 10.00. The third-order valence-electron chi connectivity index (χ3n) is 3.00. The molecule has 0 radical (unpaired) electrons. The molecule has 0 aliphatic carbocycles. The van der Waals surface area contributed by atoms with Crippen molar-refractivity contribution >= 4 is 25.8 Å². The van der Waals surface area contributed by atoms with Crippen molar-refractivity contribution in [3.63, 3.8) is 0 Å². The molecule has 0 bridgehead atoms. The van der Waals surface area contributed by atoms with Gasteiger partial charge in [-0.15, -0.1) is 0 Å². The first-order valence-corrected chi connectivity index (χ1v) is 8.95. The summed E-state index contributed by atoms with van der Waals surface area (Å²) in [6.45, 7) is 2.41. The Morgan fingerprint density at radius 2 is 1.84 bits per heavy atom. The molecule has 19 heavy (non-hydrogen) atoms. The SMILES string of the molecule is CC(N)C(c1ccc(Br)cc1)N(C)CCS(C)(=O)=O. The Hall–Kier alpha value is -0.430. The van der Waals surface area contributed by atoms with Crippen LogP contribution in [-0.4, -0.2) is 45.0 Å². The van der Waals surface area contributed by atoms with E-state index in [1.165, 1.54) is 6.26 Å². The molecule has 0 aromatic heterocycles. The molecule has 2 N–H and O–H groups in total. The molecule has 4 nitrogen and oxygen atoms in total. The molecule has 108 valence electrons. The molecule has 0 aliphatic rings. The summed E-state index contributed by atoms with van der Waals surface area (Å²) in [5, 5.41) is 0. The molecule has 0 saturated carbocycles. The second kappa shape index (κ2) is 6.83. The van der Waals surface area contributed by atoms with Gasteiger partial charge in [0, 0.05) is 29.4 Å². The van der Waals surface area contributed by atoms with E-state index in [1.54, 1.807) is 0 Å². The van der Waals surface area contributed by atoms with Crippen LogP contribution in [0.2, 0.25) is 0 Å². The van der Waals surface area contributed by atoms with Crippen molar-refractivity contribution < 1.29 is 8.42 Å². The maximum atomic E-state index is 11.2. The number of likely N-dealkylation sites (N-methyl/N-ethyl adjacent to an activating group) is 1. The van der Waals surface area contributed by atoms with Gasteiger partial charge in [0.25, 0.3) is 0 Å². The lowest BCUT2D eigenvalue weighted by Crippen LogP contribution is -2.39. The van der Waals surface area contributed by atoms with Gasteiger partial charge in [0.05, 0.1) is 5.75 Å². The summed E-state index contributed by atoms with van der Waals surface area (Å²) < 4.78 is 23.5. The standard InChI is InChI=1S/C13H21BrN2O2S/c1-10(15)13(11-4-6-12(14)7-5-11)16(2)8-9-19(3,17)18/h4-7,10,13H,8-9,15H2,1-3H3. The van der Waals surface area contributed by atoms with Crippen LogP contribution < -0.4 is 5.73 Å². The highest BCUT2D eigenvalue weighted by Crippen LogP contribution is 2.23. The van der Waals surface area contributed by atoms with Gasteiger partial charge in [-0.3, -0.25) is 4.90 Å². The number of nitrogens with two attached hydrogens (primary N) is 1. The minimum absolute atomic E-state index is 0.00912. The highest BCUT2D eigenvalue weighted by atomic mass is 79.9. The fraction of sp³-hybridized carbons (Fsp3) is 0.538. The topological polar surface area (TPSA) is 63.4 Å². The van der Waals surface area contributed by atoms with Gasteiger partial charge in [0.15, 0.2) is 0 Å². The summed E-state index contributed by atoms with van der Waals surface area (Å²) in [6, 6.07) is 7.88. The molecule has 0 fully saturated rings. The van der Waals surface area contributed by atoms with E-state index in [0.717, 1.165) is 10.0 Å². The van der Waals surface area contributed by atoms with Crippen LogP contribution in [0.3, 0.4) is 0 Å². The van der Waals surface area contributed by atoms with Crippen molar-refractivity contribution in [1.29, 1.82) is 0 Å². The van der Waals surface area contributed by atoms with Gasteiger partial charge in [-0.2, -0.15) is 0 Å². The summed E-state index contributed by atoms with van der Waals surface area (Å²) in [5.41, 5.74) is 7.14. The van der Waals surface area contributed by atoms with E-state index in [9.17, 15) is 8.42 Å². The Labute approximate surface area is 124 Å². The van der Waals surface area contributed by atoms with Gasteiger partial charge in [-0.1, -0.05) is 28.1 Å². The Bertz CT molecular complexity index is 500. The largest absolute Gasteiger partial charge is 0.326 e. The van der Waals surface area contributed by atoms with Crippen molar-refractivity contribution in [2.75, 3.05) is 25.6 Å². The number of benzene rings is 1. The Kier molecular flexibility index (Phi) is 5.98. The minimum atomic E-state index is -2.96. The second-order valence-electron chi connectivity index (χ2n) is 4.97. The van der Waals surface area contributed by atoms with Crippen LogP contribution in [-0.2, 0) is 9.84 Å².